The molecule has 2 N–H and O–H groups in total. The number of aromatic nitrogens is 1. The number of nitrogens with one attached hydrogen (secondary N) is 1. The molecule has 0 aliphatic rings. The van der Waals surface area contributed by atoms with Gasteiger partial charge in [0.05, 0.1) is 11.1 Å². The van der Waals surface area contributed by atoms with Gasteiger partial charge in [0.15, 0.2) is 0 Å². The number of rotatable bonds is 5. The number of fused-ring (bicyclic) bond motifs is 1. The third kappa shape index (κ3) is 4.08. The summed E-state index contributed by atoms with van der Waals surface area (Å²) < 4.78 is 36.0. The first-order chi connectivity index (χ1) is 9.87. The number of pyridine rings is 1. The summed E-state index contributed by atoms with van der Waals surface area (Å²) in [4.78, 5) is 15.3. The third-order valence-corrected chi connectivity index (χ3v) is 2.91. The summed E-state index contributed by atoms with van der Waals surface area (Å²) in [5.74, 6) is -0.625. The number of anilines is 1. The lowest BCUT2D eigenvalue weighted by molar-refractivity contribution is -0.134. The van der Waals surface area contributed by atoms with Crippen molar-refractivity contribution < 1.29 is 23.1 Å². The van der Waals surface area contributed by atoms with Gasteiger partial charge < -0.3 is 10.4 Å². The van der Waals surface area contributed by atoms with Gasteiger partial charge in [-0.1, -0.05) is 6.07 Å². The van der Waals surface area contributed by atoms with Crippen molar-refractivity contribution in [2.45, 2.75) is 19.0 Å². The van der Waals surface area contributed by atoms with Crippen LogP contribution in [0.3, 0.4) is 0 Å². The minimum Gasteiger partial charge on any atom is -0.478 e. The number of hydrogen-bond acceptors (Lipinski definition) is 3. The molecule has 112 valence electrons. The molecule has 0 aliphatic carbocycles. The summed E-state index contributed by atoms with van der Waals surface area (Å²) in [6, 6.07) is 7.86. The van der Waals surface area contributed by atoms with Crippen LogP contribution in [0.2, 0.25) is 0 Å². The van der Waals surface area contributed by atoms with Crippen LogP contribution in [-0.4, -0.2) is 28.8 Å². The molecule has 1 heterocycles. The van der Waals surface area contributed by atoms with Gasteiger partial charge in [0.2, 0.25) is 0 Å². The Morgan fingerprint density at radius 3 is 2.67 bits per heavy atom. The molecule has 0 amide bonds. The molecule has 0 unspecified atom stereocenters. The predicted octanol–water partition coefficient (Wildman–Crippen LogP) is 3.69. The first-order valence-electron chi connectivity index (χ1n) is 6.30. The Bertz CT molecular complexity index is 656. The number of carboxylic acid groups (broad SMARTS) is 1. The van der Waals surface area contributed by atoms with E-state index in [2.05, 4.69) is 10.3 Å². The Hall–Kier alpha value is -2.31. The van der Waals surface area contributed by atoms with Crippen LogP contribution in [-0.2, 0) is 0 Å². The molecular weight excluding hydrogens is 285 g/mol. The fourth-order valence-electron chi connectivity index (χ4n) is 1.95. The average Bonchev–Trinajstić information content (AvgIpc) is 2.41. The molecule has 2 aromatic rings. The van der Waals surface area contributed by atoms with E-state index in [1.54, 1.807) is 24.3 Å². The van der Waals surface area contributed by atoms with Gasteiger partial charge in [0, 0.05) is 18.4 Å². The normalized spacial score (nSPS) is 11.6. The van der Waals surface area contributed by atoms with Crippen molar-refractivity contribution >= 4 is 22.7 Å². The lowest BCUT2D eigenvalue weighted by atomic mass is 10.1. The van der Waals surface area contributed by atoms with E-state index in [4.69, 9.17) is 5.11 Å². The van der Waals surface area contributed by atoms with E-state index in [9.17, 15) is 18.0 Å². The zero-order valence-corrected chi connectivity index (χ0v) is 10.9. The highest BCUT2D eigenvalue weighted by atomic mass is 19.4. The second-order valence-electron chi connectivity index (χ2n) is 4.52. The summed E-state index contributed by atoms with van der Waals surface area (Å²) >= 11 is 0. The smallest absolute Gasteiger partial charge is 0.389 e. The lowest BCUT2D eigenvalue weighted by Crippen LogP contribution is -2.11. The van der Waals surface area contributed by atoms with E-state index in [0.29, 0.717) is 16.7 Å². The molecular formula is C14H13F3N2O2. The number of halogens is 3. The first kappa shape index (κ1) is 15.1. The molecule has 1 aromatic carbocycles. The Morgan fingerprint density at radius 1 is 1.24 bits per heavy atom. The SMILES string of the molecule is O=C(O)c1cccc2nc(NCCCC(F)(F)F)ccc12. The molecule has 0 spiro atoms. The van der Waals surface area contributed by atoms with Crippen LogP contribution in [0.1, 0.15) is 23.2 Å². The number of carbonyl (C=O) groups is 1. The maximum atomic E-state index is 12.0. The van der Waals surface area contributed by atoms with Gasteiger partial charge in [-0.2, -0.15) is 13.2 Å². The fourth-order valence-corrected chi connectivity index (χ4v) is 1.95. The zero-order valence-electron chi connectivity index (χ0n) is 10.9. The quantitative estimate of drug-likeness (QED) is 0.826. The fraction of sp³-hybridized carbons (Fsp3) is 0.286. The van der Waals surface area contributed by atoms with Crippen LogP contribution in [0.25, 0.3) is 10.9 Å². The average molecular weight is 298 g/mol. The van der Waals surface area contributed by atoms with Crippen molar-refractivity contribution in [1.82, 2.24) is 4.98 Å². The highest BCUT2D eigenvalue weighted by molar-refractivity contribution is 6.02. The monoisotopic (exact) mass is 298 g/mol. The summed E-state index contributed by atoms with van der Waals surface area (Å²) in [7, 11) is 0. The van der Waals surface area contributed by atoms with Gasteiger partial charge in [-0.25, -0.2) is 9.78 Å². The van der Waals surface area contributed by atoms with Gasteiger partial charge in [-0.05, 0) is 30.7 Å². The van der Waals surface area contributed by atoms with E-state index in [0.717, 1.165) is 0 Å². The Balaban J connectivity index is 2.08. The standard InChI is InChI=1S/C14H13F3N2O2/c15-14(16,17)7-2-8-18-12-6-5-9-10(13(20)21)3-1-4-11(9)19-12/h1,3-6H,2,7-8H2,(H,18,19)(H,20,21). The van der Waals surface area contributed by atoms with E-state index >= 15 is 0 Å². The molecule has 0 fully saturated rings. The van der Waals surface area contributed by atoms with Crippen LogP contribution < -0.4 is 5.32 Å². The zero-order chi connectivity index (χ0) is 15.5. The first-order valence-corrected chi connectivity index (χ1v) is 6.30. The van der Waals surface area contributed by atoms with Crippen molar-refractivity contribution in [3.8, 4) is 0 Å². The largest absolute Gasteiger partial charge is 0.478 e. The minimum absolute atomic E-state index is 0.0433. The van der Waals surface area contributed by atoms with E-state index in [1.165, 1.54) is 6.07 Å². The molecule has 0 atom stereocenters. The second-order valence-corrected chi connectivity index (χ2v) is 4.52. The molecule has 21 heavy (non-hydrogen) atoms. The van der Waals surface area contributed by atoms with Crippen LogP contribution in [0, 0.1) is 0 Å². The number of aromatic carboxylic acids is 1. The molecule has 0 aliphatic heterocycles. The van der Waals surface area contributed by atoms with Crippen molar-refractivity contribution in [3.05, 3.63) is 35.9 Å². The maximum absolute atomic E-state index is 12.0. The predicted molar refractivity (Wildman–Crippen MR) is 72.5 cm³/mol. The number of nitrogens with zero attached hydrogens (tertiary/aromatic N) is 1. The summed E-state index contributed by atoms with van der Waals surface area (Å²) in [6.45, 7) is 0.149. The van der Waals surface area contributed by atoms with Crippen molar-refractivity contribution in [2.75, 3.05) is 11.9 Å². The van der Waals surface area contributed by atoms with Crippen LogP contribution in [0.4, 0.5) is 19.0 Å². The highest BCUT2D eigenvalue weighted by Gasteiger charge is 2.25. The highest BCUT2D eigenvalue weighted by Crippen LogP contribution is 2.22. The topological polar surface area (TPSA) is 62.2 Å². The van der Waals surface area contributed by atoms with Crippen molar-refractivity contribution in [2.24, 2.45) is 0 Å². The molecule has 0 saturated carbocycles. The number of alkyl halides is 3. The Morgan fingerprint density at radius 2 is 2.00 bits per heavy atom. The molecule has 0 radical (unpaired) electrons. The number of hydrogen-bond donors (Lipinski definition) is 2. The van der Waals surface area contributed by atoms with Gasteiger partial charge in [0.1, 0.15) is 5.82 Å². The Labute approximate surface area is 118 Å². The van der Waals surface area contributed by atoms with Crippen LogP contribution in [0.15, 0.2) is 30.3 Å². The molecule has 2 rings (SSSR count). The summed E-state index contributed by atoms with van der Waals surface area (Å²) in [6.07, 6.45) is -5.05. The summed E-state index contributed by atoms with van der Waals surface area (Å²) in [5, 5.41) is 12.3. The van der Waals surface area contributed by atoms with Gasteiger partial charge in [-0.15, -0.1) is 0 Å². The minimum atomic E-state index is -4.16. The van der Waals surface area contributed by atoms with Gasteiger partial charge in [-0.3, -0.25) is 0 Å². The van der Waals surface area contributed by atoms with Crippen molar-refractivity contribution in [3.63, 3.8) is 0 Å². The van der Waals surface area contributed by atoms with E-state index < -0.39 is 18.6 Å². The van der Waals surface area contributed by atoms with E-state index in [-0.39, 0.29) is 18.5 Å². The number of benzene rings is 1. The van der Waals surface area contributed by atoms with Gasteiger partial charge in [0.25, 0.3) is 0 Å². The number of carboxylic acids is 1. The van der Waals surface area contributed by atoms with Crippen LogP contribution in [0.5, 0.6) is 0 Å². The molecule has 7 heteroatoms. The summed E-state index contributed by atoms with van der Waals surface area (Å²) in [5.41, 5.74) is 0.624. The lowest BCUT2D eigenvalue weighted by Gasteiger charge is -2.09. The van der Waals surface area contributed by atoms with E-state index in [1.807, 2.05) is 0 Å². The maximum Gasteiger partial charge on any atom is 0.389 e. The molecule has 0 bridgehead atoms. The Kier molecular flexibility index (Phi) is 4.30. The third-order valence-electron chi connectivity index (χ3n) is 2.91. The van der Waals surface area contributed by atoms with Crippen LogP contribution >= 0.6 is 0 Å². The second kappa shape index (κ2) is 5.99. The molecule has 4 nitrogen and oxygen atoms in total. The molecule has 1 aromatic heterocycles. The molecule has 0 saturated heterocycles. The van der Waals surface area contributed by atoms with Gasteiger partial charge >= 0.3 is 12.1 Å². The van der Waals surface area contributed by atoms with Crippen molar-refractivity contribution in [1.29, 1.82) is 0 Å².